The summed E-state index contributed by atoms with van der Waals surface area (Å²) in [5.74, 6) is 2.88. The summed E-state index contributed by atoms with van der Waals surface area (Å²) in [5, 5.41) is 10.8. The number of nitrogens with one attached hydrogen (secondary N) is 2. The molecule has 7 atom stereocenters. The molecule has 1 aliphatic heterocycles. The first-order valence-corrected chi connectivity index (χ1v) is 15.3. The van der Waals surface area contributed by atoms with Crippen molar-refractivity contribution in [2.24, 2.45) is 39.7 Å². The van der Waals surface area contributed by atoms with Gasteiger partial charge in [-0.25, -0.2) is 4.79 Å². The third-order valence-electron chi connectivity index (χ3n) is 11.5. The summed E-state index contributed by atoms with van der Waals surface area (Å²) in [4.78, 5) is 44.4. The Kier molecular flexibility index (Phi) is 8.35. The van der Waals surface area contributed by atoms with E-state index in [1.165, 1.54) is 24.8 Å². The molecule has 1 heterocycles. The minimum Gasteiger partial charge on any atom is -0.318 e. The molecule has 4 fully saturated rings. The van der Waals surface area contributed by atoms with Crippen LogP contribution in [0, 0.1) is 34.5 Å². The van der Waals surface area contributed by atoms with Crippen LogP contribution in [0.5, 0.6) is 0 Å². The van der Waals surface area contributed by atoms with Crippen molar-refractivity contribution in [2.75, 3.05) is 33.2 Å². The lowest BCUT2D eigenvalue weighted by Crippen LogP contribution is -2.51. The lowest BCUT2D eigenvalue weighted by Gasteiger charge is -2.58. The molecule has 5 rings (SSSR count). The Balaban J connectivity index is 1.23. The topological polar surface area (TPSA) is 100 Å². The van der Waals surface area contributed by atoms with Crippen molar-refractivity contribution in [2.45, 2.75) is 91.0 Å². The third-order valence-corrected chi connectivity index (χ3v) is 11.5. The predicted octanol–water partition coefficient (Wildman–Crippen LogP) is 4.49. The van der Waals surface area contributed by atoms with E-state index in [1.54, 1.807) is 4.90 Å². The molecule has 216 valence electrons. The zero-order valence-electron chi connectivity index (χ0n) is 24.4. The van der Waals surface area contributed by atoms with Crippen LogP contribution in [0.15, 0.2) is 16.8 Å². The highest BCUT2D eigenvalue weighted by Crippen LogP contribution is 2.66. The van der Waals surface area contributed by atoms with E-state index >= 15 is 0 Å². The number of nitrogens with zero attached hydrogens (tertiary/aromatic N) is 2. The minimum atomic E-state index is -0.440. The van der Waals surface area contributed by atoms with Crippen molar-refractivity contribution >= 4 is 23.4 Å². The van der Waals surface area contributed by atoms with Crippen LogP contribution >= 0.6 is 0 Å². The van der Waals surface area contributed by atoms with E-state index in [9.17, 15) is 14.4 Å². The fraction of sp³-hybridized carbons (Fsp3) is 0.806. The number of oxime groups is 1. The maximum Gasteiger partial charge on any atom is 0.436 e. The molecule has 1 amide bonds. The minimum absolute atomic E-state index is 0.170. The number of carbonyl (C=O) groups excluding carboxylic acids is 3. The molecule has 1 unspecified atom stereocenters. The van der Waals surface area contributed by atoms with Crippen molar-refractivity contribution in [3.8, 4) is 0 Å². The Morgan fingerprint density at radius 3 is 2.67 bits per heavy atom. The summed E-state index contributed by atoms with van der Waals surface area (Å²) in [5.41, 5.74) is 2.70. The van der Waals surface area contributed by atoms with Crippen LogP contribution in [0.1, 0.15) is 85.0 Å². The highest BCUT2D eigenvalue weighted by atomic mass is 16.7. The summed E-state index contributed by atoms with van der Waals surface area (Å²) >= 11 is 0. The van der Waals surface area contributed by atoms with Crippen LogP contribution in [-0.4, -0.2) is 67.5 Å². The van der Waals surface area contributed by atoms with Crippen LogP contribution < -0.4 is 10.6 Å². The number of amides is 1. The van der Waals surface area contributed by atoms with E-state index in [0.717, 1.165) is 31.4 Å². The number of hydrogen-bond acceptors (Lipinski definition) is 7. The van der Waals surface area contributed by atoms with Gasteiger partial charge in [0.1, 0.15) is 0 Å². The molecule has 0 radical (unpaired) electrons. The quantitative estimate of drug-likeness (QED) is 0.267. The van der Waals surface area contributed by atoms with Crippen molar-refractivity contribution in [1.29, 1.82) is 0 Å². The predicted molar refractivity (Wildman–Crippen MR) is 151 cm³/mol. The summed E-state index contributed by atoms with van der Waals surface area (Å²) in [6.07, 6.45) is 11.3. The van der Waals surface area contributed by atoms with Crippen LogP contribution in [0.2, 0.25) is 0 Å². The molecule has 0 spiro atoms. The van der Waals surface area contributed by atoms with Crippen molar-refractivity contribution < 1.29 is 19.2 Å². The third kappa shape index (κ3) is 5.35. The first kappa shape index (κ1) is 28.5. The van der Waals surface area contributed by atoms with E-state index in [-0.39, 0.29) is 22.7 Å². The van der Waals surface area contributed by atoms with Crippen LogP contribution in [0.3, 0.4) is 0 Å². The van der Waals surface area contributed by atoms with Crippen molar-refractivity contribution in [3.63, 3.8) is 0 Å². The Labute approximate surface area is 233 Å². The molecule has 39 heavy (non-hydrogen) atoms. The van der Waals surface area contributed by atoms with Crippen LogP contribution in [0.25, 0.3) is 0 Å². The summed E-state index contributed by atoms with van der Waals surface area (Å²) < 4.78 is 0. The highest BCUT2D eigenvalue weighted by molar-refractivity contribution is 5.91. The standard InChI is InChI=1S/C31H48N4O4/c1-20(34-39-29(38)35(18-16-32-4)17-12-27-28(37)11-15-33-27)24-7-8-25-23-6-5-21-19-22(36)9-13-30(21,2)26(23)10-14-31(24,25)3/h19,23-27,32-33H,5-18H2,1-4H3/b34-20+/t23-,24+,25-,26-,27?,30-,31+/m0/s1. The Morgan fingerprint density at radius 2 is 1.92 bits per heavy atom. The Bertz CT molecular complexity index is 1040. The van der Waals surface area contributed by atoms with Crippen molar-refractivity contribution in [3.05, 3.63) is 11.6 Å². The fourth-order valence-electron chi connectivity index (χ4n) is 9.22. The second-order valence-electron chi connectivity index (χ2n) is 13.3. The zero-order valence-corrected chi connectivity index (χ0v) is 24.4. The number of hydrogen-bond donors (Lipinski definition) is 2. The van der Waals surface area contributed by atoms with Gasteiger partial charge < -0.3 is 15.5 Å². The number of Topliss-reactive ketones (excluding diaryl/α,β-unsaturated/α-hetero) is 1. The van der Waals surface area contributed by atoms with Gasteiger partial charge in [-0.2, -0.15) is 0 Å². The number of ketones is 2. The van der Waals surface area contributed by atoms with E-state index in [2.05, 4.69) is 29.6 Å². The van der Waals surface area contributed by atoms with Gasteiger partial charge in [0, 0.05) is 44.9 Å². The SMILES string of the molecule is CNCCN(CCC1NCCC1=O)C(=O)O/N=C(\C)[C@H]1CC[C@H]2[C@@H]3CCC4=CC(=O)CC[C@]4(C)[C@H]3CC[C@]12C. The average Bonchev–Trinajstić information content (AvgIpc) is 3.49. The van der Waals surface area contributed by atoms with Crippen LogP contribution in [0.4, 0.5) is 4.79 Å². The zero-order chi connectivity index (χ0) is 27.8. The molecule has 3 saturated carbocycles. The normalized spacial score (nSPS) is 38.1. The number of carbonyl (C=O) groups is 3. The van der Waals surface area contributed by atoms with E-state index < -0.39 is 6.09 Å². The van der Waals surface area contributed by atoms with E-state index in [1.807, 2.05) is 20.0 Å². The lowest BCUT2D eigenvalue weighted by atomic mass is 9.46. The molecule has 1 saturated heterocycles. The van der Waals surface area contributed by atoms with Gasteiger partial charge in [-0.15, -0.1) is 0 Å². The average molecular weight is 541 g/mol. The molecule has 2 N–H and O–H groups in total. The fourth-order valence-corrected chi connectivity index (χ4v) is 9.22. The molecular weight excluding hydrogens is 492 g/mol. The van der Waals surface area contributed by atoms with Crippen LogP contribution in [-0.2, 0) is 14.4 Å². The van der Waals surface area contributed by atoms with E-state index in [0.29, 0.717) is 74.9 Å². The maximum atomic E-state index is 13.0. The lowest BCUT2D eigenvalue weighted by molar-refractivity contribution is -0.119. The molecule has 0 bridgehead atoms. The summed E-state index contributed by atoms with van der Waals surface area (Å²) in [6.45, 7) is 9.26. The summed E-state index contributed by atoms with van der Waals surface area (Å²) in [6, 6.07) is -0.173. The smallest absolute Gasteiger partial charge is 0.318 e. The largest absolute Gasteiger partial charge is 0.436 e. The molecule has 5 aliphatic rings. The number of likely N-dealkylation sites (N-methyl/N-ethyl adjacent to an activating group) is 1. The molecule has 0 aromatic heterocycles. The second kappa shape index (κ2) is 11.4. The van der Waals surface area contributed by atoms with E-state index in [4.69, 9.17) is 4.84 Å². The molecule has 8 heteroatoms. The number of allylic oxidation sites excluding steroid dienone is 1. The maximum absolute atomic E-state index is 13.0. The number of fused-ring (bicyclic) bond motifs is 5. The van der Waals surface area contributed by atoms with Crippen molar-refractivity contribution in [1.82, 2.24) is 15.5 Å². The van der Waals surface area contributed by atoms with Gasteiger partial charge in [-0.05, 0) is 100.0 Å². The van der Waals surface area contributed by atoms with Gasteiger partial charge >= 0.3 is 6.09 Å². The van der Waals surface area contributed by atoms with Gasteiger partial charge in [-0.3, -0.25) is 14.4 Å². The molecule has 0 aromatic carbocycles. The highest BCUT2D eigenvalue weighted by Gasteiger charge is 2.59. The summed E-state index contributed by atoms with van der Waals surface area (Å²) in [7, 11) is 1.86. The van der Waals surface area contributed by atoms with Gasteiger partial charge in [0.05, 0.1) is 11.8 Å². The van der Waals surface area contributed by atoms with Gasteiger partial charge in [0.15, 0.2) is 11.6 Å². The molecule has 8 nitrogen and oxygen atoms in total. The first-order chi connectivity index (χ1) is 18.7. The monoisotopic (exact) mass is 540 g/mol. The van der Waals surface area contributed by atoms with Gasteiger partial charge in [-0.1, -0.05) is 24.6 Å². The Hall–Kier alpha value is -2.06. The molecule has 0 aromatic rings. The molecule has 4 aliphatic carbocycles. The Morgan fingerprint density at radius 1 is 1.10 bits per heavy atom. The molecular formula is C31H48N4O4. The van der Waals surface area contributed by atoms with Gasteiger partial charge in [0.25, 0.3) is 0 Å². The first-order valence-electron chi connectivity index (χ1n) is 15.3. The second-order valence-corrected chi connectivity index (χ2v) is 13.3. The van der Waals surface area contributed by atoms with Gasteiger partial charge in [0.2, 0.25) is 0 Å². The number of rotatable bonds is 8.